The van der Waals surface area contributed by atoms with Crippen LogP contribution in [0.15, 0.2) is 30.6 Å². The summed E-state index contributed by atoms with van der Waals surface area (Å²) in [5, 5.41) is 12.8. The molecule has 0 fully saturated rings. The molecular formula is C19H26N4O2. The minimum absolute atomic E-state index is 0.0164. The standard InChI is InChI=1S/C19H26N4O2/c1-13(2)17(11-24)22-18-9-19(21-12-20-18)23-7-6-14-8-16(25-3)5-4-15(14)10-23/h4-5,8-9,12-13,17,24H,6-7,10-11H2,1-3H3,(H,20,21,22)/t17-/m0/s1. The number of aliphatic hydroxyl groups excluding tert-OH is 1. The van der Waals surface area contributed by atoms with Crippen LogP contribution in [0.2, 0.25) is 0 Å². The first-order valence-electron chi connectivity index (χ1n) is 8.71. The van der Waals surface area contributed by atoms with E-state index in [1.165, 1.54) is 11.1 Å². The van der Waals surface area contributed by atoms with Crippen LogP contribution < -0.4 is 15.0 Å². The number of hydrogen-bond donors (Lipinski definition) is 2. The molecule has 6 heteroatoms. The van der Waals surface area contributed by atoms with Crippen LogP contribution in [0.5, 0.6) is 5.75 Å². The van der Waals surface area contributed by atoms with E-state index in [-0.39, 0.29) is 12.6 Å². The van der Waals surface area contributed by atoms with Crippen LogP contribution in [0, 0.1) is 5.92 Å². The van der Waals surface area contributed by atoms with Gasteiger partial charge in [-0.3, -0.25) is 0 Å². The molecule has 1 aromatic heterocycles. The molecule has 0 aliphatic carbocycles. The van der Waals surface area contributed by atoms with Gasteiger partial charge in [-0.05, 0) is 35.6 Å². The van der Waals surface area contributed by atoms with Crippen LogP contribution in [0.1, 0.15) is 25.0 Å². The molecule has 0 unspecified atom stereocenters. The summed E-state index contributed by atoms with van der Waals surface area (Å²) in [6.07, 6.45) is 2.54. The van der Waals surface area contributed by atoms with Crippen molar-refractivity contribution in [1.29, 1.82) is 0 Å². The topological polar surface area (TPSA) is 70.5 Å². The number of aliphatic hydroxyl groups is 1. The zero-order valence-corrected chi connectivity index (χ0v) is 15.1. The van der Waals surface area contributed by atoms with E-state index in [2.05, 4.69) is 46.2 Å². The van der Waals surface area contributed by atoms with Gasteiger partial charge in [0.05, 0.1) is 19.8 Å². The Balaban J connectivity index is 1.75. The fourth-order valence-electron chi connectivity index (χ4n) is 3.06. The third kappa shape index (κ3) is 4.02. The van der Waals surface area contributed by atoms with Crippen LogP contribution in [-0.2, 0) is 13.0 Å². The summed E-state index contributed by atoms with van der Waals surface area (Å²) in [5.74, 6) is 2.88. The first kappa shape index (κ1) is 17.5. The number of fused-ring (bicyclic) bond motifs is 1. The average Bonchev–Trinajstić information content (AvgIpc) is 2.65. The first-order chi connectivity index (χ1) is 12.1. The van der Waals surface area contributed by atoms with Crippen LogP contribution in [-0.4, -0.2) is 41.4 Å². The predicted octanol–water partition coefficient (Wildman–Crippen LogP) is 2.48. The molecular weight excluding hydrogens is 316 g/mol. The Morgan fingerprint density at radius 1 is 1.24 bits per heavy atom. The molecule has 3 rings (SSSR count). The SMILES string of the molecule is COc1ccc2c(c1)CCN(c1cc(N[C@@H](CO)C(C)C)ncn1)C2. The minimum Gasteiger partial charge on any atom is -0.497 e. The van der Waals surface area contributed by atoms with Gasteiger partial charge in [0.2, 0.25) is 0 Å². The van der Waals surface area contributed by atoms with Crippen molar-refractivity contribution >= 4 is 11.6 Å². The van der Waals surface area contributed by atoms with E-state index in [0.29, 0.717) is 5.92 Å². The van der Waals surface area contributed by atoms with Gasteiger partial charge in [-0.1, -0.05) is 19.9 Å². The van der Waals surface area contributed by atoms with Crippen LogP contribution in [0.25, 0.3) is 0 Å². The maximum atomic E-state index is 9.50. The first-order valence-corrected chi connectivity index (χ1v) is 8.71. The molecule has 1 atom stereocenters. The van der Waals surface area contributed by atoms with Crippen molar-refractivity contribution in [2.75, 3.05) is 30.5 Å². The highest BCUT2D eigenvalue weighted by Gasteiger charge is 2.19. The largest absolute Gasteiger partial charge is 0.497 e. The van der Waals surface area contributed by atoms with Crippen molar-refractivity contribution in [1.82, 2.24) is 9.97 Å². The quantitative estimate of drug-likeness (QED) is 0.840. The predicted molar refractivity (Wildman–Crippen MR) is 99.1 cm³/mol. The summed E-state index contributed by atoms with van der Waals surface area (Å²) in [4.78, 5) is 11.0. The highest BCUT2D eigenvalue weighted by Crippen LogP contribution is 2.27. The molecule has 2 aromatic rings. The van der Waals surface area contributed by atoms with Crippen molar-refractivity contribution in [2.45, 2.75) is 32.9 Å². The lowest BCUT2D eigenvalue weighted by Crippen LogP contribution is -2.32. The van der Waals surface area contributed by atoms with Gasteiger partial charge in [0.1, 0.15) is 23.7 Å². The lowest BCUT2D eigenvalue weighted by atomic mass is 9.99. The molecule has 0 amide bonds. The van der Waals surface area contributed by atoms with Crippen LogP contribution in [0.4, 0.5) is 11.6 Å². The maximum absolute atomic E-state index is 9.50. The number of ether oxygens (including phenoxy) is 1. The monoisotopic (exact) mass is 342 g/mol. The number of aromatic nitrogens is 2. The third-order valence-corrected chi connectivity index (χ3v) is 4.74. The molecule has 25 heavy (non-hydrogen) atoms. The molecule has 1 aliphatic rings. The molecule has 0 spiro atoms. The normalized spacial score (nSPS) is 15.0. The number of hydrogen-bond acceptors (Lipinski definition) is 6. The fraction of sp³-hybridized carbons (Fsp3) is 0.474. The van der Waals surface area contributed by atoms with E-state index in [4.69, 9.17) is 4.74 Å². The summed E-state index contributed by atoms with van der Waals surface area (Å²) in [6, 6.07) is 8.19. The fourth-order valence-corrected chi connectivity index (χ4v) is 3.06. The zero-order valence-electron chi connectivity index (χ0n) is 15.1. The Morgan fingerprint density at radius 2 is 2.08 bits per heavy atom. The molecule has 2 N–H and O–H groups in total. The van der Waals surface area contributed by atoms with Crippen molar-refractivity contribution in [3.05, 3.63) is 41.7 Å². The van der Waals surface area contributed by atoms with Crippen LogP contribution in [0.3, 0.4) is 0 Å². The average molecular weight is 342 g/mol. The lowest BCUT2D eigenvalue weighted by Gasteiger charge is -2.30. The molecule has 0 saturated carbocycles. The summed E-state index contributed by atoms with van der Waals surface area (Å²) < 4.78 is 5.31. The summed E-state index contributed by atoms with van der Waals surface area (Å²) in [5.41, 5.74) is 2.64. The van der Waals surface area contributed by atoms with Gasteiger partial charge < -0.3 is 20.1 Å². The Labute approximate surface area is 148 Å². The number of benzene rings is 1. The third-order valence-electron chi connectivity index (χ3n) is 4.74. The Hall–Kier alpha value is -2.34. The molecule has 0 radical (unpaired) electrons. The van der Waals surface area contributed by atoms with Crippen molar-refractivity contribution < 1.29 is 9.84 Å². The van der Waals surface area contributed by atoms with Gasteiger partial charge in [0.15, 0.2) is 0 Å². The number of nitrogens with one attached hydrogen (secondary N) is 1. The lowest BCUT2D eigenvalue weighted by molar-refractivity contribution is 0.249. The van der Waals surface area contributed by atoms with Crippen molar-refractivity contribution in [3.63, 3.8) is 0 Å². The molecule has 0 bridgehead atoms. The van der Waals surface area contributed by atoms with Gasteiger partial charge in [-0.15, -0.1) is 0 Å². The minimum atomic E-state index is -0.0164. The Morgan fingerprint density at radius 3 is 2.80 bits per heavy atom. The summed E-state index contributed by atoms with van der Waals surface area (Å²) in [6.45, 7) is 5.96. The Bertz CT molecular complexity index is 720. The van der Waals surface area contributed by atoms with Gasteiger partial charge in [-0.2, -0.15) is 0 Å². The highest BCUT2D eigenvalue weighted by molar-refractivity contribution is 5.51. The van der Waals surface area contributed by atoms with E-state index in [1.807, 2.05) is 12.1 Å². The highest BCUT2D eigenvalue weighted by atomic mass is 16.5. The van der Waals surface area contributed by atoms with Gasteiger partial charge >= 0.3 is 0 Å². The Kier molecular flexibility index (Phi) is 5.38. The number of methoxy groups -OCH3 is 1. The maximum Gasteiger partial charge on any atom is 0.134 e. The zero-order chi connectivity index (χ0) is 17.8. The van der Waals surface area contributed by atoms with Crippen LogP contribution >= 0.6 is 0 Å². The molecule has 1 aromatic carbocycles. The van der Waals surface area contributed by atoms with E-state index in [0.717, 1.165) is 36.9 Å². The van der Waals surface area contributed by atoms with Gasteiger partial charge in [0, 0.05) is 19.2 Å². The summed E-state index contributed by atoms with van der Waals surface area (Å²) in [7, 11) is 1.70. The molecule has 1 aliphatic heterocycles. The second kappa shape index (κ2) is 7.70. The van der Waals surface area contributed by atoms with Gasteiger partial charge in [-0.25, -0.2) is 9.97 Å². The smallest absolute Gasteiger partial charge is 0.134 e. The van der Waals surface area contributed by atoms with E-state index in [1.54, 1.807) is 13.4 Å². The van der Waals surface area contributed by atoms with E-state index < -0.39 is 0 Å². The number of anilines is 2. The second-order valence-corrected chi connectivity index (χ2v) is 6.75. The molecule has 2 heterocycles. The van der Waals surface area contributed by atoms with E-state index >= 15 is 0 Å². The number of rotatable bonds is 6. The van der Waals surface area contributed by atoms with Crippen molar-refractivity contribution in [2.24, 2.45) is 5.92 Å². The number of nitrogens with zero attached hydrogens (tertiary/aromatic N) is 3. The second-order valence-electron chi connectivity index (χ2n) is 6.75. The van der Waals surface area contributed by atoms with E-state index in [9.17, 15) is 5.11 Å². The van der Waals surface area contributed by atoms with Gasteiger partial charge in [0.25, 0.3) is 0 Å². The summed E-state index contributed by atoms with van der Waals surface area (Å²) >= 11 is 0. The molecule has 6 nitrogen and oxygen atoms in total. The van der Waals surface area contributed by atoms with Crippen molar-refractivity contribution in [3.8, 4) is 5.75 Å². The molecule has 0 saturated heterocycles. The molecule has 134 valence electrons.